The molecule has 0 amide bonds. The smallest absolute Gasteiger partial charge is 0.393 e. The summed E-state index contributed by atoms with van der Waals surface area (Å²) in [5.41, 5.74) is 0. The van der Waals surface area contributed by atoms with Crippen LogP contribution in [0.3, 0.4) is 0 Å². The van der Waals surface area contributed by atoms with Crippen LogP contribution in [0, 0.1) is 0 Å². The Morgan fingerprint density at radius 1 is 1.33 bits per heavy atom. The normalized spacial score (nSPS) is 13.8. The molecule has 0 aliphatic heterocycles. The number of aryl methyl sites for hydroxylation is 1. The predicted molar refractivity (Wildman–Crippen MR) is 64.9 cm³/mol. The molecule has 1 unspecified atom stereocenters. The maximum Gasteiger partial charge on any atom is 0.411 e. The van der Waals surface area contributed by atoms with Gasteiger partial charge in [0.15, 0.2) is 0 Å². The lowest BCUT2D eigenvalue weighted by molar-refractivity contribution is -0.175. The van der Waals surface area contributed by atoms with E-state index in [1.165, 1.54) is 4.88 Å². The second kappa shape index (κ2) is 7.11. The van der Waals surface area contributed by atoms with Crippen LogP contribution in [0.5, 0.6) is 0 Å². The molecule has 0 radical (unpaired) electrons. The van der Waals surface area contributed by atoms with E-state index in [0.717, 1.165) is 11.3 Å². The molecule has 0 fully saturated rings. The van der Waals surface area contributed by atoms with E-state index in [1.54, 1.807) is 11.3 Å². The lowest BCUT2D eigenvalue weighted by Crippen LogP contribution is -2.20. The monoisotopic (exact) mass is 282 g/mol. The second-order valence-electron chi connectivity index (χ2n) is 4.04. The summed E-state index contributed by atoms with van der Waals surface area (Å²) in [7, 11) is 0. The molecule has 0 aliphatic carbocycles. The summed E-state index contributed by atoms with van der Waals surface area (Å²) in [6.45, 7) is 0.725. The van der Waals surface area contributed by atoms with E-state index in [9.17, 15) is 18.3 Å². The van der Waals surface area contributed by atoms with E-state index in [2.05, 4.69) is 11.7 Å². The lowest BCUT2D eigenvalue weighted by atomic mass is 10.2. The number of hydrogen-bond donors (Lipinski definition) is 1. The van der Waals surface area contributed by atoms with E-state index in [1.807, 2.05) is 12.1 Å². The minimum atomic E-state index is -4.30. The summed E-state index contributed by atoms with van der Waals surface area (Å²) in [6, 6.07) is 3.95. The Labute approximate surface area is 108 Å². The van der Waals surface area contributed by atoms with Crippen LogP contribution in [0.1, 0.15) is 23.1 Å². The van der Waals surface area contributed by atoms with E-state index in [4.69, 9.17) is 0 Å². The van der Waals surface area contributed by atoms with Gasteiger partial charge < -0.3 is 9.84 Å². The molecule has 1 atom stereocenters. The van der Waals surface area contributed by atoms with Crippen molar-refractivity contribution in [2.45, 2.75) is 38.5 Å². The molecule has 0 aliphatic rings. The minimum absolute atomic E-state index is 0.0767. The highest BCUT2D eigenvalue weighted by Crippen LogP contribution is 2.19. The van der Waals surface area contributed by atoms with Gasteiger partial charge in [0.05, 0.1) is 6.10 Å². The van der Waals surface area contributed by atoms with Gasteiger partial charge in [-0.15, -0.1) is 11.3 Å². The Kier molecular flexibility index (Phi) is 6.11. The summed E-state index contributed by atoms with van der Waals surface area (Å²) < 4.78 is 39.8. The summed E-state index contributed by atoms with van der Waals surface area (Å²) in [6.07, 6.45) is -3.30. The van der Waals surface area contributed by atoms with Crippen LogP contribution in [0.25, 0.3) is 0 Å². The first-order valence-corrected chi connectivity index (χ1v) is 6.62. The Hall–Kier alpha value is -0.590. The third-order valence-electron chi connectivity index (χ3n) is 2.36. The van der Waals surface area contributed by atoms with Gasteiger partial charge in [-0.05, 0) is 25.0 Å². The summed E-state index contributed by atoms with van der Waals surface area (Å²) >= 11 is 1.62. The zero-order valence-corrected chi connectivity index (χ0v) is 11.0. The number of rotatable bonds is 7. The number of ether oxygens (including phenoxy) is 1. The quantitative estimate of drug-likeness (QED) is 0.778. The van der Waals surface area contributed by atoms with Crippen molar-refractivity contribution in [1.29, 1.82) is 0 Å². The molecule has 0 aromatic carbocycles. The molecule has 0 spiro atoms. The first-order chi connectivity index (χ1) is 8.40. The van der Waals surface area contributed by atoms with Crippen molar-refractivity contribution < 1.29 is 23.0 Å². The van der Waals surface area contributed by atoms with Crippen molar-refractivity contribution in [2.24, 2.45) is 0 Å². The summed E-state index contributed by atoms with van der Waals surface area (Å²) in [5, 5.41) is 9.66. The van der Waals surface area contributed by atoms with Crippen LogP contribution in [0.4, 0.5) is 13.2 Å². The van der Waals surface area contributed by atoms with Gasteiger partial charge >= 0.3 is 6.18 Å². The molecule has 1 N–H and O–H groups in total. The lowest BCUT2D eigenvalue weighted by Gasteiger charge is -2.11. The standard InChI is InChI=1S/C12H17F3O2S/c1-2-10-3-4-11(18-10)7-9(16)5-6-17-8-12(13,14)15/h3-4,9,16H,2,5-8H2,1H3. The SMILES string of the molecule is CCc1ccc(CC(O)CCOCC(F)(F)F)s1. The highest BCUT2D eigenvalue weighted by Gasteiger charge is 2.27. The van der Waals surface area contributed by atoms with Gasteiger partial charge in [0.1, 0.15) is 6.61 Å². The molecule has 18 heavy (non-hydrogen) atoms. The Bertz CT molecular complexity index is 349. The molecule has 0 saturated carbocycles. The molecule has 1 aromatic heterocycles. The topological polar surface area (TPSA) is 29.5 Å². The Balaban J connectivity index is 2.19. The van der Waals surface area contributed by atoms with Gasteiger partial charge in [0.2, 0.25) is 0 Å². The van der Waals surface area contributed by atoms with E-state index >= 15 is 0 Å². The Morgan fingerprint density at radius 3 is 2.56 bits per heavy atom. The van der Waals surface area contributed by atoms with E-state index in [-0.39, 0.29) is 13.0 Å². The highest BCUT2D eigenvalue weighted by molar-refractivity contribution is 7.11. The van der Waals surface area contributed by atoms with Crippen LogP contribution < -0.4 is 0 Å². The van der Waals surface area contributed by atoms with Crippen molar-refractivity contribution in [3.8, 4) is 0 Å². The number of alkyl halides is 3. The first-order valence-electron chi connectivity index (χ1n) is 5.81. The first kappa shape index (κ1) is 15.5. The largest absolute Gasteiger partial charge is 0.411 e. The van der Waals surface area contributed by atoms with Crippen molar-refractivity contribution in [1.82, 2.24) is 0 Å². The zero-order valence-electron chi connectivity index (χ0n) is 10.2. The summed E-state index contributed by atoms with van der Waals surface area (Å²) in [4.78, 5) is 2.29. The molecule has 0 saturated heterocycles. The minimum Gasteiger partial charge on any atom is -0.393 e. The van der Waals surface area contributed by atoms with Gasteiger partial charge in [0.25, 0.3) is 0 Å². The molecule has 2 nitrogen and oxygen atoms in total. The average Bonchev–Trinajstić information content (AvgIpc) is 2.71. The van der Waals surface area contributed by atoms with E-state index in [0.29, 0.717) is 6.42 Å². The number of aliphatic hydroxyl groups excluding tert-OH is 1. The van der Waals surface area contributed by atoms with Crippen molar-refractivity contribution in [3.05, 3.63) is 21.9 Å². The fraction of sp³-hybridized carbons (Fsp3) is 0.667. The molecular formula is C12H17F3O2S. The summed E-state index contributed by atoms with van der Waals surface area (Å²) in [5.74, 6) is 0. The third kappa shape index (κ3) is 6.37. The van der Waals surface area contributed by atoms with Crippen LogP contribution in [0.2, 0.25) is 0 Å². The number of aliphatic hydroxyl groups is 1. The van der Waals surface area contributed by atoms with Gasteiger partial charge in [-0.1, -0.05) is 6.92 Å². The van der Waals surface area contributed by atoms with Crippen LogP contribution in [-0.4, -0.2) is 30.6 Å². The molecule has 1 heterocycles. The van der Waals surface area contributed by atoms with Crippen LogP contribution in [0.15, 0.2) is 12.1 Å². The van der Waals surface area contributed by atoms with Crippen molar-refractivity contribution in [3.63, 3.8) is 0 Å². The van der Waals surface area contributed by atoms with Gasteiger partial charge in [0, 0.05) is 22.8 Å². The van der Waals surface area contributed by atoms with Gasteiger partial charge in [-0.25, -0.2) is 0 Å². The molecule has 6 heteroatoms. The van der Waals surface area contributed by atoms with Crippen molar-refractivity contribution >= 4 is 11.3 Å². The number of thiophene rings is 1. The molecule has 104 valence electrons. The number of halogens is 3. The second-order valence-corrected chi connectivity index (χ2v) is 5.29. The molecular weight excluding hydrogens is 265 g/mol. The third-order valence-corrected chi connectivity index (χ3v) is 3.62. The fourth-order valence-corrected chi connectivity index (χ4v) is 2.49. The molecule has 0 bridgehead atoms. The highest BCUT2D eigenvalue weighted by atomic mass is 32.1. The van der Waals surface area contributed by atoms with Crippen LogP contribution in [-0.2, 0) is 17.6 Å². The maximum absolute atomic E-state index is 11.8. The maximum atomic E-state index is 11.8. The van der Waals surface area contributed by atoms with Crippen LogP contribution >= 0.6 is 11.3 Å². The van der Waals surface area contributed by atoms with Gasteiger partial charge in [-0.3, -0.25) is 0 Å². The Morgan fingerprint density at radius 2 is 2.00 bits per heavy atom. The van der Waals surface area contributed by atoms with Gasteiger partial charge in [-0.2, -0.15) is 13.2 Å². The van der Waals surface area contributed by atoms with E-state index < -0.39 is 18.9 Å². The number of hydrogen-bond acceptors (Lipinski definition) is 3. The molecule has 1 aromatic rings. The fourth-order valence-electron chi connectivity index (χ4n) is 1.46. The predicted octanol–water partition coefficient (Wildman–Crippen LogP) is 3.18. The average molecular weight is 282 g/mol. The zero-order chi connectivity index (χ0) is 13.6. The van der Waals surface area contributed by atoms with Crippen molar-refractivity contribution in [2.75, 3.05) is 13.2 Å². The molecule has 1 rings (SSSR count).